The Morgan fingerprint density at radius 1 is 1.04 bits per heavy atom. The van der Waals surface area contributed by atoms with E-state index in [4.69, 9.17) is 0 Å². The maximum atomic E-state index is 12.1. The number of rotatable bonds is 5. The van der Waals surface area contributed by atoms with Crippen LogP contribution in [0.3, 0.4) is 0 Å². The van der Waals surface area contributed by atoms with Gasteiger partial charge in [0, 0.05) is 11.6 Å². The standard InChI is InChI=1S/C19H15N3OS2/c23-17(21-12-19-20-8-9-24-19)11-18-22-15-7-6-14(10-16(15)25-18)13-4-2-1-3-5-13/h1-10H,11-12H2,(H,21,23). The monoisotopic (exact) mass is 365 g/mol. The van der Waals surface area contributed by atoms with Gasteiger partial charge in [0.15, 0.2) is 0 Å². The fourth-order valence-corrected chi connectivity index (χ4v) is 4.13. The summed E-state index contributed by atoms with van der Waals surface area (Å²) >= 11 is 3.11. The summed E-state index contributed by atoms with van der Waals surface area (Å²) in [5.41, 5.74) is 3.28. The first-order valence-electron chi connectivity index (χ1n) is 7.88. The molecule has 0 aliphatic heterocycles. The molecule has 0 saturated heterocycles. The Labute approximate surface area is 153 Å². The Bertz CT molecular complexity index is 994. The molecule has 2 heterocycles. The molecule has 4 nitrogen and oxygen atoms in total. The molecule has 124 valence electrons. The number of carbonyl (C=O) groups excluding carboxylic acids is 1. The van der Waals surface area contributed by atoms with E-state index in [9.17, 15) is 4.79 Å². The molecule has 2 aromatic carbocycles. The van der Waals surface area contributed by atoms with Crippen LogP contribution in [0, 0.1) is 0 Å². The second-order valence-electron chi connectivity index (χ2n) is 5.54. The number of aromatic nitrogens is 2. The van der Waals surface area contributed by atoms with Gasteiger partial charge in [-0.25, -0.2) is 9.97 Å². The molecule has 0 atom stereocenters. The smallest absolute Gasteiger partial charge is 0.227 e. The largest absolute Gasteiger partial charge is 0.349 e. The maximum absolute atomic E-state index is 12.1. The predicted molar refractivity (Wildman–Crippen MR) is 103 cm³/mol. The van der Waals surface area contributed by atoms with Crippen molar-refractivity contribution in [3.05, 3.63) is 70.1 Å². The van der Waals surface area contributed by atoms with E-state index >= 15 is 0 Å². The van der Waals surface area contributed by atoms with Crippen LogP contribution < -0.4 is 5.32 Å². The summed E-state index contributed by atoms with van der Waals surface area (Å²) in [5, 5.41) is 6.53. The first kappa shape index (κ1) is 15.9. The topological polar surface area (TPSA) is 54.9 Å². The van der Waals surface area contributed by atoms with Crippen molar-refractivity contribution in [3.63, 3.8) is 0 Å². The molecule has 0 fully saturated rings. The zero-order valence-corrected chi connectivity index (χ0v) is 14.9. The molecule has 2 aromatic heterocycles. The number of fused-ring (bicyclic) bond motifs is 1. The summed E-state index contributed by atoms with van der Waals surface area (Å²) in [6.07, 6.45) is 2.04. The van der Waals surface area contributed by atoms with Gasteiger partial charge in [-0.15, -0.1) is 22.7 Å². The minimum Gasteiger partial charge on any atom is -0.349 e. The van der Waals surface area contributed by atoms with Crippen molar-refractivity contribution in [2.45, 2.75) is 13.0 Å². The van der Waals surface area contributed by atoms with Crippen LogP contribution in [-0.2, 0) is 17.8 Å². The normalized spacial score (nSPS) is 10.9. The molecule has 0 aliphatic rings. The number of hydrogen-bond acceptors (Lipinski definition) is 5. The number of amides is 1. The molecule has 0 unspecified atom stereocenters. The lowest BCUT2D eigenvalue weighted by atomic mass is 10.1. The molecule has 0 saturated carbocycles. The molecule has 0 spiro atoms. The molecule has 4 aromatic rings. The fraction of sp³-hybridized carbons (Fsp3) is 0.105. The Morgan fingerprint density at radius 2 is 1.92 bits per heavy atom. The lowest BCUT2D eigenvalue weighted by Gasteiger charge is -2.00. The van der Waals surface area contributed by atoms with Crippen LogP contribution in [0.2, 0.25) is 0 Å². The number of benzene rings is 2. The van der Waals surface area contributed by atoms with E-state index in [0.29, 0.717) is 13.0 Å². The van der Waals surface area contributed by atoms with E-state index in [2.05, 4.69) is 39.6 Å². The van der Waals surface area contributed by atoms with Crippen molar-refractivity contribution in [1.82, 2.24) is 15.3 Å². The van der Waals surface area contributed by atoms with Gasteiger partial charge in [-0.05, 0) is 23.3 Å². The Balaban J connectivity index is 1.48. The highest BCUT2D eigenvalue weighted by molar-refractivity contribution is 7.18. The lowest BCUT2D eigenvalue weighted by molar-refractivity contribution is -0.120. The average molecular weight is 365 g/mol. The van der Waals surface area contributed by atoms with E-state index in [-0.39, 0.29) is 5.91 Å². The minimum atomic E-state index is -0.0301. The molecule has 1 amide bonds. The van der Waals surface area contributed by atoms with E-state index in [1.165, 1.54) is 16.9 Å². The zero-order chi connectivity index (χ0) is 17.1. The number of carbonyl (C=O) groups is 1. The van der Waals surface area contributed by atoms with Crippen LogP contribution in [0.4, 0.5) is 0 Å². The predicted octanol–water partition coefficient (Wildman–Crippen LogP) is 4.28. The van der Waals surface area contributed by atoms with Crippen LogP contribution >= 0.6 is 22.7 Å². The van der Waals surface area contributed by atoms with Gasteiger partial charge in [-0.2, -0.15) is 0 Å². The van der Waals surface area contributed by atoms with E-state index in [1.807, 2.05) is 29.6 Å². The van der Waals surface area contributed by atoms with Gasteiger partial charge >= 0.3 is 0 Å². The highest BCUT2D eigenvalue weighted by Crippen LogP contribution is 2.28. The van der Waals surface area contributed by atoms with Gasteiger partial charge in [0.1, 0.15) is 10.0 Å². The maximum Gasteiger partial charge on any atom is 0.227 e. The molecule has 1 N–H and O–H groups in total. The molecular formula is C19H15N3OS2. The van der Waals surface area contributed by atoms with E-state index in [1.54, 1.807) is 17.5 Å². The van der Waals surface area contributed by atoms with Gasteiger partial charge in [-0.3, -0.25) is 4.79 Å². The minimum absolute atomic E-state index is 0.0301. The highest BCUT2D eigenvalue weighted by Gasteiger charge is 2.10. The van der Waals surface area contributed by atoms with Crippen molar-refractivity contribution in [1.29, 1.82) is 0 Å². The van der Waals surface area contributed by atoms with Gasteiger partial charge < -0.3 is 5.32 Å². The Hall–Kier alpha value is -2.57. The molecule has 4 rings (SSSR count). The number of nitrogens with zero attached hydrogens (tertiary/aromatic N) is 2. The number of thiazole rings is 2. The first-order valence-corrected chi connectivity index (χ1v) is 9.57. The van der Waals surface area contributed by atoms with Gasteiger partial charge in [-0.1, -0.05) is 36.4 Å². The van der Waals surface area contributed by atoms with Crippen LogP contribution in [-0.4, -0.2) is 15.9 Å². The van der Waals surface area contributed by atoms with Crippen molar-refractivity contribution in [2.75, 3.05) is 0 Å². The summed E-state index contributed by atoms with van der Waals surface area (Å²) in [6.45, 7) is 0.472. The van der Waals surface area contributed by atoms with Crippen LogP contribution in [0.1, 0.15) is 10.0 Å². The summed E-state index contributed by atoms with van der Waals surface area (Å²) in [4.78, 5) is 20.8. The summed E-state index contributed by atoms with van der Waals surface area (Å²) in [5.74, 6) is -0.0301. The van der Waals surface area contributed by atoms with Gasteiger partial charge in [0.25, 0.3) is 0 Å². The highest BCUT2D eigenvalue weighted by atomic mass is 32.1. The second-order valence-corrected chi connectivity index (χ2v) is 7.63. The van der Waals surface area contributed by atoms with Crippen molar-refractivity contribution >= 4 is 38.8 Å². The van der Waals surface area contributed by atoms with Crippen molar-refractivity contribution in [3.8, 4) is 11.1 Å². The SMILES string of the molecule is O=C(Cc1nc2ccc(-c3ccccc3)cc2s1)NCc1nccs1. The third kappa shape index (κ3) is 3.75. The zero-order valence-electron chi connectivity index (χ0n) is 13.3. The Kier molecular flexibility index (Phi) is 4.54. The Morgan fingerprint density at radius 3 is 2.72 bits per heavy atom. The summed E-state index contributed by atoms with van der Waals surface area (Å²) in [7, 11) is 0. The van der Waals surface area contributed by atoms with Gasteiger partial charge in [0.05, 0.1) is 23.2 Å². The fourth-order valence-electron chi connectivity index (χ4n) is 2.57. The molecule has 0 aliphatic carbocycles. The average Bonchev–Trinajstić information content (AvgIpc) is 3.29. The van der Waals surface area contributed by atoms with Gasteiger partial charge in [0.2, 0.25) is 5.91 Å². The first-order chi connectivity index (χ1) is 12.3. The van der Waals surface area contributed by atoms with E-state index in [0.717, 1.165) is 25.8 Å². The van der Waals surface area contributed by atoms with Crippen LogP contribution in [0.5, 0.6) is 0 Å². The number of nitrogens with one attached hydrogen (secondary N) is 1. The van der Waals surface area contributed by atoms with Crippen LogP contribution in [0.25, 0.3) is 21.3 Å². The molecule has 0 radical (unpaired) electrons. The molecule has 6 heteroatoms. The lowest BCUT2D eigenvalue weighted by Crippen LogP contribution is -2.24. The number of hydrogen-bond donors (Lipinski definition) is 1. The summed E-state index contributed by atoms with van der Waals surface area (Å²) in [6, 6.07) is 16.5. The third-order valence-electron chi connectivity index (χ3n) is 3.77. The second kappa shape index (κ2) is 7.13. The molecular weight excluding hydrogens is 350 g/mol. The quantitative estimate of drug-likeness (QED) is 0.574. The van der Waals surface area contributed by atoms with Crippen molar-refractivity contribution < 1.29 is 4.79 Å². The van der Waals surface area contributed by atoms with E-state index < -0.39 is 0 Å². The summed E-state index contributed by atoms with van der Waals surface area (Å²) < 4.78 is 1.10. The van der Waals surface area contributed by atoms with Crippen molar-refractivity contribution in [2.24, 2.45) is 0 Å². The van der Waals surface area contributed by atoms with Crippen LogP contribution in [0.15, 0.2) is 60.1 Å². The third-order valence-corrected chi connectivity index (χ3v) is 5.57. The molecule has 0 bridgehead atoms. The molecule has 25 heavy (non-hydrogen) atoms.